The first-order chi connectivity index (χ1) is 12.3. The van der Waals surface area contributed by atoms with E-state index in [2.05, 4.69) is 53.4 Å². The molecule has 0 radical (unpaired) electrons. The van der Waals surface area contributed by atoms with Gasteiger partial charge in [-0.25, -0.2) is 0 Å². The van der Waals surface area contributed by atoms with Gasteiger partial charge in [0.2, 0.25) is 0 Å². The van der Waals surface area contributed by atoms with Crippen molar-refractivity contribution in [3.05, 3.63) is 72.3 Å². The van der Waals surface area contributed by atoms with Gasteiger partial charge in [-0.1, -0.05) is 42.5 Å². The van der Waals surface area contributed by atoms with Gasteiger partial charge in [-0.2, -0.15) is 0 Å². The van der Waals surface area contributed by atoms with Crippen LogP contribution in [0.15, 0.2) is 66.7 Å². The number of hydrogen-bond acceptors (Lipinski definition) is 3. The second kappa shape index (κ2) is 7.16. The molecule has 1 fully saturated rings. The minimum Gasteiger partial charge on any atom is -0.489 e. The number of ether oxygens (including phenoxy) is 1. The standard InChI is InChI=1S/C22H24N2O/c23-20-7-4-12-24(15-20)21-10-8-19-14-22(11-9-18(19)13-21)25-16-17-5-2-1-3-6-17/h1-3,5-6,8-11,13-14,20H,4,7,12,15-16,23H2. The molecule has 3 heteroatoms. The Morgan fingerprint density at radius 1 is 0.960 bits per heavy atom. The molecule has 4 rings (SSSR count). The van der Waals surface area contributed by atoms with Crippen molar-refractivity contribution >= 4 is 16.5 Å². The van der Waals surface area contributed by atoms with E-state index in [1.165, 1.54) is 28.4 Å². The molecule has 0 saturated carbocycles. The molecular weight excluding hydrogens is 308 g/mol. The van der Waals surface area contributed by atoms with Gasteiger partial charge in [-0.05, 0) is 53.4 Å². The van der Waals surface area contributed by atoms with Crippen LogP contribution in [0.2, 0.25) is 0 Å². The number of rotatable bonds is 4. The maximum absolute atomic E-state index is 6.12. The molecule has 0 spiro atoms. The van der Waals surface area contributed by atoms with Gasteiger partial charge < -0.3 is 15.4 Å². The molecule has 0 aliphatic carbocycles. The average molecular weight is 332 g/mol. The van der Waals surface area contributed by atoms with Crippen molar-refractivity contribution in [2.75, 3.05) is 18.0 Å². The Morgan fingerprint density at radius 3 is 2.60 bits per heavy atom. The van der Waals surface area contributed by atoms with Crippen molar-refractivity contribution in [2.45, 2.75) is 25.5 Å². The third-order valence-corrected chi connectivity index (χ3v) is 4.87. The van der Waals surface area contributed by atoms with E-state index in [-0.39, 0.29) is 0 Å². The van der Waals surface area contributed by atoms with Crippen LogP contribution in [0, 0.1) is 0 Å². The van der Waals surface area contributed by atoms with Crippen LogP contribution >= 0.6 is 0 Å². The van der Waals surface area contributed by atoms with E-state index in [9.17, 15) is 0 Å². The fourth-order valence-electron chi connectivity index (χ4n) is 3.48. The molecule has 25 heavy (non-hydrogen) atoms. The lowest BCUT2D eigenvalue weighted by Gasteiger charge is -2.32. The highest BCUT2D eigenvalue weighted by atomic mass is 16.5. The van der Waals surface area contributed by atoms with Gasteiger partial charge in [0, 0.05) is 24.8 Å². The largest absolute Gasteiger partial charge is 0.489 e. The molecule has 128 valence electrons. The van der Waals surface area contributed by atoms with Crippen LogP contribution in [-0.4, -0.2) is 19.1 Å². The lowest BCUT2D eigenvalue weighted by molar-refractivity contribution is 0.306. The van der Waals surface area contributed by atoms with Crippen LogP contribution < -0.4 is 15.4 Å². The summed E-state index contributed by atoms with van der Waals surface area (Å²) in [6, 6.07) is 23.5. The van der Waals surface area contributed by atoms with Gasteiger partial charge >= 0.3 is 0 Å². The Morgan fingerprint density at radius 2 is 1.76 bits per heavy atom. The molecule has 1 aliphatic heterocycles. The van der Waals surface area contributed by atoms with Gasteiger partial charge in [0.05, 0.1) is 0 Å². The molecule has 1 atom stereocenters. The van der Waals surface area contributed by atoms with E-state index in [4.69, 9.17) is 10.5 Å². The summed E-state index contributed by atoms with van der Waals surface area (Å²) in [7, 11) is 0. The molecule has 0 bridgehead atoms. The number of benzene rings is 3. The zero-order valence-electron chi connectivity index (χ0n) is 14.4. The van der Waals surface area contributed by atoms with E-state index in [0.717, 1.165) is 25.3 Å². The van der Waals surface area contributed by atoms with E-state index in [1.54, 1.807) is 0 Å². The third kappa shape index (κ3) is 3.77. The quantitative estimate of drug-likeness (QED) is 0.772. The van der Waals surface area contributed by atoms with Crippen LogP contribution in [0.4, 0.5) is 5.69 Å². The molecule has 0 aromatic heterocycles. The van der Waals surface area contributed by atoms with Gasteiger partial charge in [-0.15, -0.1) is 0 Å². The van der Waals surface area contributed by atoms with Crippen molar-refractivity contribution in [3.8, 4) is 5.75 Å². The maximum atomic E-state index is 6.12. The van der Waals surface area contributed by atoms with E-state index in [0.29, 0.717) is 12.6 Å². The van der Waals surface area contributed by atoms with E-state index < -0.39 is 0 Å². The van der Waals surface area contributed by atoms with Gasteiger partial charge in [0.25, 0.3) is 0 Å². The zero-order valence-corrected chi connectivity index (χ0v) is 14.4. The predicted octanol–water partition coefficient (Wildman–Crippen LogP) is 4.35. The molecule has 2 N–H and O–H groups in total. The smallest absolute Gasteiger partial charge is 0.120 e. The highest BCUT2D eigenvalue weighted by Gasteiger charge is 2.17. The second-order valence-electron chi connectivity index (χ2n) is 6.82. The monoisotopic (exact) mass is 332 g/mol. The van der Waals surface area contributed by atoms with E-state index in [1.807, 2.05) is 18.2 Å². The third-order valence-electron chi connectivity index (χ3n) is 4.87. The Labute approximate surface area is 149 Å². The SMILES string of the molecule is NC1CCCN(c2ccc3cc(OCc4ccccc4)ccc3c2)C1. The predicted molar refractivity (Wildman–Crippen MR) is 104 cm³/mol. The van der Waals surface area contributed by atoms with E-state index >= 15 is 0 Å². The van der Waals surface area contributed by atoms with Crippen molar-refractivity contribution in [1.82, 2.24) is 0 Å². The molecule has 3 nitrogen and oxygen atoms in total. The Hall–Kier alpha value is -2.52. The van der Waals surface area contributed by atoms with Crippen LogP contribution in [-0.2, 0) is 6.61 Å². The van der Waals surface area contributed by atoms with Crippen LogP contribution in [0.25, 0.3) is 10.8 Å². The van der Waals surface area contributed by atoms with Crippen molar-refractivity contribution in [3.63, 3.8) is 0 Å². The summed E-state index contributed by atoms with van der Waals surface area (Å²) in [5, 5.41) is 2.44. The second-order valence-corrected chi connectivity index (χ2v) is 6.82. The first-order valence-corrected chi connectivity index (χ1v) is 8.99. The molecule has 0 amide bonds. The first-order valence-electron chi connectivity index (χ1n) is 8.99. The fourth-order valence-corrected chi connectivity index (χ4v) is 3.48. The highest BCUT2D eigenvalue weighted by Crippen LogP contribution is 2.27. The minimum atomic E-state index is 0.290. The number of hydrogen-bond donors (Lipinski definition) is 1. The number of anilines is 1. The minimum absolute atomic E-state index is 0.290. The normalized spacial score (nSPS) is 17.6. The Bertz CT molecular complexity index is 847. The first kappa shape index (κ1) is 16.0. The summed E-state index contributed by atoms with van der Waals surface area (Å²) in [6.07, 6.45) is 2.30. The summed E-state index contributed by atoms with van der Waals surface area (Å²) in [4.78, 5) is 2.40. The fraction of sp³-hybridized carbons (Fsp3) is 0.273. The van der Waals surface area contributed by atoms with Crippen LogP contribution in [0.3, 0.4) is 0 Å². The Balaban J connectivity index is 1.50. The lowest BCUT2D eigenvalue weighted by atomic mass is 10.0. The lowest BCUT2D eigenvalue weighted by Crippen LogP contribution is -2.42. The number of nitrogens with two attached hydrogens (primary N) is 1. The molecule has 3 aromatic carbocycles. The maximum Gasteiger partial charge on any atom is 0.120 e. The molecule has 3 aromatic rings. The average Bonchev–Trinajstić information content (AvgIpc) is 2.66. The summed E-state index contributed by atoms with van der Waals surface area (Å²) < 4.78 is 5.93. The van der Waals surface area contributed by atoms with Crippen LogP contribution in [0.5, 0.6) is 5.75 Å². The van der Waals surface area contributed by atoms with Crippen molar-refractivity contribution in [2.24, 2.45) is 5.73 Å². The molecule has 1 saturated heterocycles. The van der Waals surface area contributed by atoms with Gasteiger partial charge in [0.1, 0.15) is 12.4 Å². The number of piperidine rings is 1. The summed E-state index contributed by atoms with van der Waals surface area (Å²) in [5.74, 6) is 0.907. The van der Waals surface area contributed by atoms with Crippen molar-refractivity contribution in [1.29, 1.82) is 0 Å². The molecule has 1 aliphatic rings. The molecule has 1 heterocycles. The number of fused-ring (bicyclic) bond motifs is 1. The highest BCUT2D eigenvalue weighted by molar-refractivity contribution is 5.87. The number of nitrogens with zero attached hydrogens (tertiary/aromatic N) is 1. The molecule has 1 unspecified atom stereocenters. The summed E-state index contributed by atoms with van der Waals surface area (Å²) in [6.45, 7) is 2.64. The Kier molecular flexibility index (Phi) is 4.57. The summed E-state index contributed by atoms with van der Waals surface area (Å²) in [5.41, 5.74) is 8.56. The van der Waals surface area contributed by atoms with Crippen molar-refractivity contribution < 1.29 is 4.74 Å². The van der Waals surface area contributed by atoms with Gasteiger partial charge in [0.15, 0.2) is 0 Å². The molecular formula is C22H24N2O. The zero-order chi connectivity index (χ0) is 17.1. The van der Waals surface area contributed by atoms with Gasteiger partial charge in [-0.3, -0.25) is 0 Å². The van der Waals surface area contributed by atoms with Crippen LogP contribution in [0.1, 0.15) is 18.4 Å². The summed E-state index contributed by atoms with van der Waals surface area (Å²) >= 11 is 0. The topological polar surface area (TPSA) is 38.5 Å².